The minimum atomic E-state index is -2.09. The number of nitrogens with two attached hydrogens (primary N) is 1. The van der Waals surface area contributed by atoms with Gasteiger partial charge in [0.15, 0.2) is 5.72 Å². The number of hydrogen-bond acceptors (Lipinski definition) is 4. The van der Waals surface area contributed by atoms with E-state index in [1.807, 2.05) is 0 Å². The van der Waals surface area contributed by atoms with Crippen molar-refractivity contribution in [1.29, 1.82) is 0 Å². The Bertz CT molecular complexity index is 963. The lowest BCUT2D eigenvalue weighted by Crippen LogP contribution is -2.40. The predicted molar refractivity (Wildman–Crippen MR) is 89.7 cm³/mol. The van der Waals surface area contributed by atoms with Crippen LogP contribution < -0.4 is 16.4 Å². The van der Waals surface area contributed by atoms with Crippen LogP contribution in [0, 0.1) is 5.82 Å². The van der Waals surface area contributed by atoms with Crippen LogP contribution in [0.4, 0.5) is 15.8 Å². The van der Waals surface area contributed by atoms with Gasteiger partial charge in [-0.15, -0.1) is 0 Å². The molecule has 0 spiro atoms. The summed E-state index contributed by atoms with van der Waals surface area (Å²) in [5.74, 6) is -1.48. The third-order valence-corrected chi connectivity index (χ3v) is 4.86. The molecule has 25 heavy (non-hydrogen) atoms. The quantitative estimate of drug-likeness (QED) is 0.582. The molecule has 4 rings (SSSR count). The molecule has 128 valence electrons. The Balaban J connectivity index is 2.01. The molecule has 1 atom stereocenters. The summed E-state index contributed by atoms with van der Waals surface area (Å²) in [5.41, 5.74) is 5.29. The van der Waals surface area contributed by atoms with Crippen molar-refractivity contribution in [2.24, 2.45) is 0 Å². The van der Waals surface area contributed by atoms with Crippen LogP contribution in [0.1, 0.15) is 33.5 Å². The summed E-state index contributed by atoms with van der Waals surface area (Å²) in [6.45, 7) is 0. The zero-order valence-corrected chi connectivity index (χ0v) is 13.6. The summed E-state index contributed by atoms with van der Waals surface area (Å²) >= 11 is 6.11. The molecule has 5 N–H and O–H groups in total. The Labute approximate surface area is 146 Å². The number of rotatable bonds is 1. The van der Waals surface area contributed by atoms with Crippen molar-refractivity contribution in [1.82, 2.24) is 5.32 Å². The number of aliphatic hydroxyl groups is 1. The highest BCUT2D eigenvalue weighted by molar-refractivity contribution is 6.31. The van der Waals surface area contributed by atoms with Gasteiger partial charge in [-0.2, -0.15) is 0 Å². The molecule has 0 saturated carbocycles. The van der Waals surface area contributed by atoms with E-state index in [4.69, 9.17) is 17.3 Å². The molecule has 2 amide bonds. The zero-order chi connectivity index (χ0) is 17.9. The first-order valence-electron chi connectivity index (χ1n) is 7.57. The van der Waals surface area contributed by atoms with Crippen molar-refractivity contribution in [2.45, 2.75) is 18.6 Å². The maximum absolute atomic E-state index is 13.7. The zero-order valence-electron chi connectivity index (χ0n) is 12.8. The van der Waals surface area contributed by atoms with Gasteiger partial charge in [-0.3, -0.25) is 9.59 Å². The van der Waals surface area contributed by atoms with Gasteiger partial charge in [-0.25, -0.2) is 4.39 Å². The molecule has 2 aromatic carbocycles. The normalized spacial score (nSPS) is 21.4. The second-order valence-electron chi connectivity index (χ2n) is 6.09. The van der Waals surface area contributed by atoms with Crippen LogP contribution in [0.5, 0.6) is 0 Å². The highest BCUT2D eigenvalue weighted by Gasteiger charge is 2.48. The number of fused-ring (bicyclic) bond motifs is 3. The summed E-state index contributed by atoms with van der Waals surface area (Å²) in [7, 11) is 0. The molecule has 8 heteroatoms. The minimum absolute atomic E-state index is 0.0324. The van der Waals surface area contributed by atoms with E-state index in [0.717, 1.165) is 12.1 Å². The summed E-state index contributed by atoms with van der Waals surface area (Å²) in [6.07, 6.45) is 0.720. The van der Waals surface area contributed by atoms with Crippen molar-refractivity contribution in [3.05, 3.63) is 57.4 Å². The lowest BCUT2D eigenvalue weighted by molar-refractivity contribution is -0.116. The summed E-state index contributed by atoms with van der Waals surface area (Å²) in [4.78, 5) is 24.3. The number of anilines is 2. The Morgan fingerprint density at radius 2 is 2.00 bits per heavy atom. The number of hydrogen-bond donors (Lipinski definition) is 4. The van der Waals surface area contributed by atoms with Gasteiger partial charge in [0, 0.05) is 28.3 Å². The average molecular weight is 362 g/mol. The van der Waals surface area contributed by atoms with Gasteiger partial charge in [0.05, 0.1) is 11.3 Å². The van der Waals surface area contributed by atoms with Crippen LogP contribution in [0.2, 0.25) is 5.02 Å². The molecule has 0 bridgehead atoms. The van der Waals surface area contributed by atoms with Crippen LogP contribution >= 0.6 is 11.6 Å². The van der Waals surface area contributed by atoms with Crippen LogP contribution in [-0.4, -0.2) is 16.9 Å². The minimum Gasteiger partial charge on any atom is -0.398 e. The SMILES string of the molecule is Nc1cc2c(c3c1C(O)(c1cc(F)ccc1Cl)NC3=O)NC(=O)CC2. The van der Waals surface area contributed by atoms with Crippen molar-refractivity contribution in [3.63, 3.8) is 0 Å². The number of nitrogen functional groups attached to an aromatic ring is 1. The van der Waals surface area contributed by atoms with Gasteiger partial charge in [0.25, 0.3) is 5.91 Å². The Morgan fingerprint density at radius 1 is 1.24 bits per heavy atom. The number of carbonyl (C=O) groups is 2. The molecule has 0 fully saturated rings. The standard InChI is InChI=1S/C17H13ClFN3O3/c18-10-3-2-8(19)6-9(10)17(25)14-11(20)5-7-1-4-12(23)21-15(7)13(14)16(24)22-17/h2-3,5-6,25H,1,4,20H2,(H,21,23)(H,22,24). The van der Waals surface area contributed by atoms with Crippen molar-refractivity contribution in [2.75, 3.05) is 11.1 Å². The summed E-state index contributed by atoms with van der Waals surface area (Å²) in [5, 5.41) is 16.3. The van der Waals surface area contributed by atoms with Crippen molar-refractivity contribution in [3.8, 4) is 0 Å². The van der Waals surface area contributed by atoms with E-state index in [2.05, 4.69) is 10.6 Å². The summed E-state index contributed by atoms with van der Waals surface area (Å²) < 4.78 is 13.7. The highest BCUT2D eigenvalue weighted by atomic mass is 35.5. The molecule has 0 saturated heterocycles. The van der Waals surface area contributed by atoms with Crippen molar-refractivity contribution < 1.29 is 19.1 Å². The fourth-order valence-corrected chi connectivity index (χ4v) is 3.69. The third kappa shape index (κ3) is 2.20. The molecule has 2 heterocycles. The predicted octanol–water partition coefficient (Wildman–Crippen LogP) is 1.88. The Kier molecular flexibility index (Phi) is 3.28. The summed E-state index contributed by atoms with van der Waals surface area (Å²) in [6, 6.07) is 5.06. The largest absolute Gasteiger partial charge is 0.398 e. The van der Waals surface area contributed by atoms with Gasteiger partial charge < -0.3 is 21.5 Å². The lowest BCUT2D eigenvalue weighted by atomic mass is 9.88. The first kappa shape index (κ1) is 15.9. The van der Waals surface area contributed by atoms with Crippen LogP contribution in [-0.2, 0) is 16.9 Å². The molecule has 0 aromatic heterocycles. The third-order valence-electron chi connectivity index (χ3n) is 4.53. The molecule has 2 aliphatic rings. The maximum Gasteiger partial charge on any atom is 0.256 e. The molecule has 0 aliphatic carbocycles. The fourth-order valence-electron chi connectivity index (χ4n) is 3.43. The van der Waals surface area contributed by atoms with E-state index in [1.54, 1.807) is 6.07 Å². The fraction of sp³-hybridized carbons (Fsp3) is 0.176. The Morgan fingerprint density at radius 3 is 2.76 bits per heavy atom. The van der Waals surface area contributed by atoms with Gasteiger partial charge in [0.1, 0.15) is 5.82 Å². The number of aryl methyl sites for hydroxylation is 1. The molecular weight excluding hydrogens is 349 g/mol. The molecule has 1 unspecified atom stereocenters. The van der Waals surface area contributed by atoms with E-state index in [0.29, 0.717) is 17.7 Å². The molecular formula is C17H13ClFN3O3. The Hall–Kier alpha value is -2.64. The number of amides is 2. The van der Waals surface area contributed by atoms with Crippen LogP contribution in [0.25, 0.3) is 0 Å². The van der Waals surface area contributed by atoms with Gasteiger partial charge in [-0.1, -0.05) is 11.6 Å². The molecule has 0 radical (unpaired) electrons. The topological polar surface area (TPSA) is 104 Å². The number of halogens is 2. The van der Waals surface area contributed by atoms with E-state index < -0.39 is 17.4 Å². The average Bonchev–Trinajstić information content (AvgIpc) is 2.83. The van der Waals surface area contributed by atoms with Crippen LogP contribution in [0.15, 0.2) is 24.3 Å². The maximum atomic E-state index is 13.7. The highest BCUT2D eigenvalue weighted by Crippen LogP contribution is 2.46. The van der Waals surface area contributed by atoms with Gasteiger partial charge in [0.2, 0.25) is 5.91 Å². The molecule has 6 nitrogen and oxygen atoms in total. The number of carbonyl (C=O) groups excluding carboxylic acids is 2. The van der Waals surface area contributed by atoms with Crippen molar-refractivity contribution >= 4 is 34.8 Å². The lowest BCUT2D eigenvalue weighted by Gasteiger charge is -2.27. The van der Waals surface area contributed by atoms with Gasteiger partial charge >= 0.3 is 0 Å². The monoisotopic (exact) mass is 361 g/mol. The van der Waals surface area contributed by atoms with Gasteiger partial charge in [-0.05, 0) is 36.2 Å². The second-order valence-corrected chi connectivity index (χ2v) is 6.49. The smallest absolute Gasteiger partial charge is 0.256 e. The number of benzene rings is 2. The van der Waals surface area contributed by atoms with E-state index in [1.165, 1.54) is 6.07 Å². The second kappa shape index (κ2) is 5.18. The molecule has 2 aromatic rings. The van der Waals surface area contributed by atoms with E-state index >= 15 is 0 Å². The first-order chi connectivity index (χ1) is 11.8. The van der Waals surface area contributed by atoms with Crippen LogP contribution in [0.3, 0.4) is 0 Å². The number of nitrogens with one attached hydrogen (secondary N) is 2. The molecule has 2 aliphatic heterocycles. The first-order valence-corrected chi connectivity index (χ1v) is 7.95. The van der Waals surface area contributed by atoms with E-state index in [-0.39, 0.29) is 39.7 Å². The van der Waals surface area contributed by atoms with E-state index in [9.17, 15) is 19.1 Å².